The van der Waals surface area contributed by atoms with Crippen molar-refractivity contribution in [2.24, 2.45) is 0 Å². The highest BCUT2D eigenvalue weighted by Crippen LogP contribution is 2.22. The summed E-state index contributed by atoms with van der Waals surface area (Å²) < 4.78 is 0. The van der Waals surface area contributed by atoms with Gasteiger partial charge in [0, 0.05) is 37.9 Å². The summed E-state index contributed by atoms with van der Waals surface area (Å²) in [5.74, 6) is -0.442. The number of likely N-dealkylation sites (tertiary alicyclic amines) is 1. The van der Waals surface area contributed by atoms with E-state index in [0.29, 0.717) is 38.6 Å². The smallest absolute Gasteiger partial charge is 0.303 e. The fourth-order valence-corrected chi connectivity index (χ4v) is 2.86. The van der Waals surface area contributed by atoms with Crippen molar-refractivity contribution >= 4 is 17.7 Å². The topological polar surface area (TPSA) is 74.7 Å². The molecule has 0 aromatic rings. The minimum Gasteiger partial charge on any atom is -0.481 e. The van der Waals surface area contributed by atoms with Crippen molar-refractivity contribution in [3.05, 3.63) is 23.9 Å². The zero-order chi connectivity index (χ0) is 18.5. The Morgan fingerprint density at radius 2 is 1.92 bits per heavy atom. The van der Waals surface area contributed by atoms with Gasteiger partial charge in [0.1, 0.15) is 5.78 Å². The maximum atomic E-state index is 12.2. The van der Waals surface area contributed by atoms with Crippen molar-refractivity contribution in [3.8, 4) is 0 Å². The van der Waals surface area contributed by atoms with Crippen LogP contribution in [-0.2, 0) is 14.4 Å². The van der Waals surface area contributed by atoms with Crippen LogP contribution < -0.4 is 0 Å². The van der Waals surface area contributed by atoms with Crippen LogP contribution in [-0.4, -0.2) is 34.2 Å². The highest BCUT2D eigenvalue weighted by molar-refractivity contribution is 5.81. The molecule has 1 aliphatic rings. The van der Waals surface area contributed by atoms with E-state index >= 15 is 0 Å². The van der Waals surface area contributed by atoms with Crippen molar-refractivity contribution in [1.82, 2.24) is 4.90 Å². The lowest BCUT2D eigenvalue weighted by molar-refractivity contribution is -0.137. The summed E-state index contributed by atoms with van der Waals surface area (Å²) in [4.78, 5) is 36.3. The number of aliphatic carboxylic acids is 1. The molecule has 1 amide bonds. The number of piperidine rings is 1. The number of carboxylic acid groups (broad SMARTS) is 1. The van der Waals surface area contributed by atoms with Gasteiger partial charge in [-0.25, -0.2) is 0 Å². The molecule has 0 aliphatic carbocycles. The number of Topliss-reactive ketones (excluding diaryl/α,β-unsaturated/α-hetero) is 1. The zero-order valence-corrected chi connectivity index (χ0v) is 15.3. The third-order valence-corrected chi connectivity index (χ3v) is 4.31. The lowest BCUT2D eigenvalue weighted by Gasteiger charge is -2.29. The average Bonchev–Trinajstić information content (AvgIpc) is 2.57. The molecule has 5 heteroatoms. The highest BCUT2D eigenvalue weighted by atomic mass is 16.4. The maximum absolute atomic E-state index is 12.2. The molecule has 25 heavy (non-hydrogen) atoms. The van der Waals surface area contributed by atoms with Crippen molar-refractivity contribution in [1.29, 1.82) is 0 Å². The normalized spacial score (nSPS) is 16.8. The fraction of sp³-hybridized carbons (Fsp3) is 0.650. The Hall–Kier alpha value is -1.91. The Labute approximate surface area is 150 Å². The Morgan fingerprint density at radius 1 is 1.12 bits per heavy atom. The Bertz CT molecular complexity index is 508. The minimum atomic E-state index is -0.784. The first-order valence-electron chi connectivity index (χ1n) is 9.42. The molecule has 0 saturated carbocycles. The molecule has 1 rings (SSSR count). The fourth-order valence-electron chi connectivity index (χ4n) is 2.86. The molecule has 0 spiro atoms. The summed E-state index contributed by atoms with van der Waals surface area (Å²) in [6.45, 7) is 2.62. The van der Waals surface area contributed by atoms with Crippen LogP contribution in [0.2, 0.25) is 0 Å². The number of unbranched alkanes of at least 4 members (excludes halogenated alkanes) is 3. The van der Waals surface area contributed by atoms with Gasteiger partial charge in [-0.2, -0.15) is 0 Å². The highest BCUT2D eigenvalue weighted by Gasteiger charge is 2.21. The molecule has 140 valence electrons. The van der Waals surface area contributed by atoms with Gasteiger partial charge in [-0.1, -0.05) is 38.0 Å². The number of allylic oxidation sites excluding steroid dienone is 3. The minimum absolute atomic E-state index is 0.103. The molecule has 0 aromatic heterocycles. The van der Waals surface area contributed by atoms with Gasteiger partial charge in [-0.15, -0.1) is 0 Å². The summed E-state index contributed by atoms with van der Waals surface area (Å²) in [5, 5.41) is 8.60. The standard InChI is InChI=1S/C20H31NO4/c1-2-3-6-11-18(22)15-14-17-10-9-12-19(23)21(17)16-8-5-4-7-13-20(24)25/h5,8,14H,2-4,6-7,9-13,15-16H2,1H3,(H,24,25). The SMILES string of the molecule is CCCCCC(=O)CC=C1CCCC(=O)N1CC=CCCCC(=O)O. The number of rotatable bonds is 12. The van der Waals surface area contributed by atoms with Gasteiger partial charge in [0.25, 0.3) is 0 Å². The number of carboxylic acids is 1. The van der Waals surface area contributed by atoms with Crippen molar-refractivity contribution in [2.75, 3.05) is 6.54 Å². The van der Waals surface area contributed by atoms with E-state index in [2.05, 4.69) is 6.92 Å². The second-order valence-corrected chi connectivity index (χ2v) is 6.51. The molecule has 1 fully saturated rings. The number of nitrogens with zero attached hydrogens (tertiary/aromatic N) is 1. The van der Waals surface area contributed by atoms with Crippen LogP contribution in [0.3, 0.4) is 0 Å². The van der Waals surface area contributed by atoms with E-state index < -0.39 is 5.97 Å². The first kappa shape index (κ1) is 21.1. The van der Waals surface area contributed by atoms with E-state index in [1.54, 1.807) is 4.90 Å². The van der Waals surface area contributed by atoms with E-state index in [0.717, 1.165) is 37.8 Å². The van der Waals surface area contributed by atoms with Crippen molar-refractivity contribution in [3.63, 3.8) is 0 Å². The zero-order valence-electron chi connectivity index (χ0n) is 15.3. The monoisotopic (exact) mass is 349 g/mol. The summed E-state index contributed by atoms with van der Waals surface area (Å²) in [6, 6.07) is 0. The summed E-state index contributed by atoms with van der Waals surface area (Å²) >= 11 is 0. The quantitative estimate of drug-likeness (QED) is 0.422. The molecule has 1 heterocycles. The van der Waals surface area contributed by atoms with E-state index in [4.69, 9.17) is 5.11 Å². The van der Waals surface area contributed by atoms with Crippen LogP contribution in [0.4, 0.5) is 0 Å². The summed E-state index contributed by atoms with van der Waals surface area (Å²) in [5.41, 5.74) is 0.954. The van der Waals surface area contributed by atoms with Gasteiger partial charge in [-0.3, -0.25) is 14.4 Å². The largest absolute Gasteiger partial charge is 0.481 e. The molecule has 0 aromatic carbocycles. The van der Waals surface area contributed by atoms with Gasteiger partial charge in [0.2, 0.25) is 5.91 Å². The number of hydrogen-bond acceptors (Lipinski definition) is 3. The van der Waals surface area contributed by atoms with Crippen LogP contribution in [0, 0.1) is 0 Å². The average molecular weight is 349 g/mol. The molecule has 1 saturated heterocycles. The Kier molecular flexibility index (Phi) is 10.5. The lowest BCUT2D eigenvalue weighted by atomic mass is 10.0. The lowest BCUT2D eigenvalue weighted by Crippen LogP contribution is -2.33. The van der Waals surface area contributed by atoms with Gasteiger partial charge in [0.05, 0.1) is 0 Å². The van der Waals surface area contributed by atoms with Crippen LogP contribution in [0.15, 0.2) is 23.9 Å². The second-order valence-electron chi connectivity index (χ2n) is 6.51. The van der Waals surface area contributed by atoms with Crippen molar-refractivity contribution in [2.45, 2.75) is 77.6 Å². The molecule has 0 radical (unpaired) electrons. The van der Waals surface area contributed by atoms with Gasteiger partial charge >= 0.3 is 5.97 Å². The maximum Gasteiger partial charge on any atom is 0.303 e. The summed E-state index contributed by atoms with van der Waals surface area (Å²) in [7, 11) is 0. The van der Waals surface area contributed by atoms with Gasteiger partial charge in [0.15, 0.2) is 0 Å². The molecule has 0 atom stereocenters. The predicted molar refractivity (Wildman–Crippen MR) is 98.0 cm³/mol. The van der Waals surface area contributed by atoms with E-state index in [1.165, 1.54) is 0 Å². The van der Waals surface area contributed by atoms with E-state index in [-0.39, 0.29) is 18.1 Å². The molecule has 5 nitrogen and oxygen atoms in total. The van der Waals surface area contributed by atoms with Crippen LogP contribution in [0.1, 0.15) is 77.6 Å². The van der Waals surface area contributed by atoms with E-state index in [1.807, 2.05) is 18.2 Å². The molecular weight excluding hydrogens is 318 g/mol. The molecular formula is C20H31NO4. The third kappa shape index (κ3) is 9.22. The Morgan fingerprint density at radius 3 is 2.64 bits per heavy atom. The van der Waals surface area contributed by atoms with E-state index in [9.17, 15) is 14.4 Å². The third-order valence-electron chi connectivity index (χ3n) is 4.31. The first-order chi connectivity index (χ1) is 12.0. The van der Waals surface area contributed by atoms with Crippen molar-refractivity contribution < 1.29 is 19.5 Å². The molecule has 0 bridgehead atoms. The van der Waals surface area contributed by atoms with Crippen LogP contribution in [0.5, 0.6) is 0 Å². The number of carbonyl (C=O) groups is 3. The number of amides is 1. The number of hydrogen-bond donors (Lipinski definition) is 1. The first-order valence-corrected chi connectivity index (χ1v) is 9.42. The van der Waals surface area contributed by atoms with Crippen LogP contribution in [0.25, 0.3) is 0 Å². The molecule has 0 unspecified atom stereocenters. The number of ketones is 1. The second kappa shape index (κ2) is 12.5. The van der Waals surface area contributed by atoms with Gasteiger partial charge in [-0.05, 0) is 32.1 Å². The molecule has 1 N–H and O–H groups in total. The predicted octanol–water partition coefficient (Wildman–Crippen LogP) is 4.23. The summed E-state index contributed by atoms with van der Waals surface area (Å²) in [6.07, 6.45) is 13.6. The molecule has 1 aliphatic heterocycles. The van der Waals surface area contributed by atoms with Crippen LogP contribution >= 0.6 is 0 Å². The Balaban J connectivity index is 2.47. The van der Waals surface area contributed by atoms with Gasteiger partial charge < -0.3 is 10.0 Å². The number of carbonyl (C=O) groups excluding carboxylic acids is 2.